The third kappa shape index (κ3) is 29.0. The molecular formula is C45H80N5O7. The summed E-state index contributed by atoms with van der Waals surface area (Å²) in [4.78, 5) is 68.9. The number of nitrogens with two attached hydrogens (primary N) is 1. The fraction of sp³-hybridized carbons (Fsp3) is 0.822. The lowest BCUT2D eigenvalue weighted by atomic mass is 9.77. The number of nitrogens with zero attached hydrogens (tertiary/aromatic N) is 1. The Hall–Kier alpha value is -2.96. The van der Waals surface area contributed by atoms with Gasteiger partial charge in [-0.2, -0.15) is 0 Å². The number of H-pyrrole nitrogens is 1. The van der Waals surface area contributed by atoms with E-state index in [1.807, 2.05) is 0 Å². The minimum atomic E-state index is -1.03. The molecule has 0 aliphatic carbocycles. The highest BCUT2D eigenvalue weighted by molar-refractivity contribution is 5.94. The second-order valence-corrected chi connectivity index (χ2v) is 16.6. The Morgan fingerprint density at radius 2 is 1.33 bits per heavy atom. The summed E-state index contributed by atoms with van der Waals surface area (Å²) in [6, 6.07) is -1.01. The molecule has 0 saturated heterocycles. The molecule has 327 valence electrons. The summed E-state index contributed by atoms with van der Waals surface area (Å²) in [6.45, 7) is 7.02. The topological polar surface area (TPSA) is 194 Å². The van der Waals surface area contributed by atoms with E-state index in [0.29, 0.717) is 69.8 Å². The van der Waals surface area contributed by atoms with E-state index >= 15 is 0 Å². The van der Waals surface area contributed by atoms with Gasteiger partial charge in [-0.15, -0.1) is 0 Å². The first-order valence-corrected chi connectivity index (χ1v) is 22.4. The monoisotopic (exact) mass is 803 g/mol. The second kappa shape index (κ2) is 34.0. The Morgan fingerprint density at radius 1 is 0.772 bits per heavy atom. The van der Waals surface area contributed by atoms with E-state index in [4.69, 9.17) is 20.9 Å². The van der Waals surface area contributed by atoms with E-state index < -0.39 is 23.3 Å². The van der Waals surface area contributed by atoms with Gasteiger partial charge in [-0.1, -0.05) is 130 Å². The molecule has 1 radical (unpaired) electrons. The van der Waals surface area contributed by atoms with E-state index in [2.05, 4.69) is 22.2 Å². The van der Waals surface area contributed by atoms with Crippen molar-refractivity contribution < 1.29 is 33.4 Å². The van der Waals surface area contributed by atoms with Gasteiger partial charge in [0, 0.05) is 68.5 Å². The van der Waals surface area contributed by atoms with E-state index in [9.17, 15) is 24.0 Å². The SMILES string of the molecule is CCCCCCCCCCCCCCCCCCCC(=O)CCCOCCOCC(=O)NCCCC[C@H](CC(=O)C(C)(C)CC(=O)[C@@H]([NH])Cc1cnc[nH]1)C(N)=O. The van der Waals surface area contributed by atoms with Crippen molar-refractivity contribution in [1.29, 1.82) is 0 Å². The third-order valence-electron chi connectivity index (χ3n) is 10.8. The number of carbonyl (C=O) groups is 5. The Morgan fingerprint density at radius 3 is 1.89 bits per heavy atom. The van der Waals surface area contributed by atoms with Crippen molar-refractivity contribution in [3.05, 3.63) is 18.2 Å². The van der Waals surface area contributed by atoms with Crippen molar-refractivity contribution in [2.24, 2.45) is 17.1 Å². The molecule has 2 amide bonds. The van der Waals surface area contributed by atoms with Crippen LogP contribution < -0.4 is 16.8 Å². The van der Waals surface area contributed by atoms with Crippen molar-refractivity contribution in [1.82, 2.24) is 21.0 Å². The van der Waals surface area contributed by atoms with Gasteiger partial charge in [0.05, 0.1) is 25.6 Å². The number of ether oxygens (including phenoxy) is 2. The fourth-order valence-corrected chi connectivity index (χ4v) is 6.96. The number of carbonyl (C=O) groups excluding carboxylic acids is 5. The van der Waals surface area contributed by atoms with Crippen LogP contribution in [0.5, 0.6) is 0 Å². The van der Waals surface area contributed by atoms with Crippen LogP contribution in [-0.4, -0.2) is 78.1 Å². The number of amides is 2. The van der Waals surface area contributed by atoms with Crippen LogP contribution in [0, 0.1) is 11.3 Å². The smallest absolute Gasteiger partial charge is 0.245 e. The predicted molar refractivity (Wildman–Crippen MR) is 226 cm³/mol. The van der Waals surface area contributed by atoms with Crippen LogP contribution >= 0.6 is 0 Å². The zero-order chi connectivity index (χ0) is 42.0. The molecular weight excluding hydrogens is 723 g/mol. The van der Waals surface area contributed by atoms with E-state index in [-0.39, 0.29) is 49.9 Å². The largest absolute Gasteiger partial charge is 0.379 e. The lowest BCUT2D eigenvalue weighted by Crippen LogP contribution is -2.36. The number of hydrogen-bond donors (Lipinski definition) is 3. The van der Waals surface area contributed by atoms with Gasteiger partial charge in [-0.05, 0) is 25.7 Å². The molecule has 0 aliphatic rings. The van der Waals surface area contributed by atoms with Crippen molar-refractivity contribution in [3.8, 4) is 0 Å². The van der Waals surface area contributed by atoms with Gasteiger partial charge in [0.1, 0.15) is 18.2 Å². The summed E-state index contributed by atoms with van der Waals surface area (Å²) in [5.74, 6) is -1.78. The molecule has 0 aliphatic heterocycles. The van der Waals surface area contributed by atoms with Crippen LogP contribution in [-0.2, 0) is 39.9 Å². The first-order chi connectivity index (χ1) is 27.5. The second-order valence-electron chi connectivity index (χ2n) is 16.6. The van der Waals surface area contributed by atoms with Gasteiger partial charge in [-0.25, -0.2) is 10.7 Å². The molecule has 1 aromatic heterocycles. The summed E-state index contributed by atoms with van der Waals surface area (Å²) in [6.07, 6.45) is 29.2. The Bertz CT molecular complexity index is 1210. The van der Waals surface area contributed by atoms with E-state index in [1.165, 1.54) is 103 Å². The minimum Gasteiger partial charge on any atom is -0.379 e. The number of Topliss-reactive ketones (excluding diaryl/α,β-unsaturated/α-hetero) is 3. The predicted octanol–water partition coefficient (Wildman–Crippen LogP) is 8.36. The highest BCUT2D eigenvalue weighted by Crippen LogP contribution is 2.28. The average Bonchev–Trinajstić information content (AvgIpc) is 3.69. The Kier molecular flexibility index (Phi) is 31.0. The van der Waals surface area contributed by atoms with Crippen molar-refractivity contribution >= 4 is 29.2 Å². The maximum absolute atomic E-state index is 13.1. The fourth-order valence-electron chi connectivity index (χ4n) is 6.96. The van der Waals surface area contributed by atoms with E-state index in [0.717, 1.165) is 12.8 Å². The number of aromatic nitrogens is 2. The molecule has 12 nitrogen and oxygen atoms in total. The van der Waals surface area contributed by atoms with Crippen LogP contribution in [0.25, 0.3) is 0 Å². The first kappa shape index (κ1) is 52.1. The van der Waals surface area contributed by atoms with Gasteiger partial charge in [0.25, 0.3) is 0 Å². The summed E-state index contributed by atoms with van der Waals surface area (Å²) in [7, 11) is 0. The number of nitrogens with one attached hydrogen (secondary N) is 3. The Labute approximate surface area is 344 Å². The molecule has 0 saturated carbocycles. The number of aromatic amines is 1. The number of rotatable bonds is 41. The molecule has 0 aromatic carbocycles. The number of primary amides is 1. The standard InChI is InChI=1S/C45H80N5O7/c1-4-5-6-7-8-9-10-11-12-13-14-15-16-17-18-19-20-25-39(51)26-23-28-56-29-30-57-35-43(54)49-27-22-21-24-37(44(47)55)31-42(53)45(2,3)33-41(52)40(46)32-38-34-48-36-50-38/h34,36-37,40,46H,4-33,35H2,1-3H3,(H2,47,55)(H,48,50)(H,49,54)/t37-,40+/m1/s1. The number of imidazole rings is 1. The van der Waals surface area contributed by atoms with Crippen molar-refractivity contribution in [2.75, 3.05) is 33.0 Å². The number of unbranched alkanes of at least 4 members (excludes halogenated alkanes) is 17. The minimum absolute atomic E-state index is 0.0724. The normalized spacial score (nSPS) is 12.7. The quantitative estimate of drug-likeness (QED) is 0.0550. The molecule has 1 aromatic rings. The molecule has 57 heavy (non-hydrogen) atoms. The van der Waals surface area contributed by atoms with Gasteiger partial charge < -0.3 is 25.5 Å². The summed E-state index contributed by atoms with van der Waals surface area (Å²) in [5, 5.41) is 2.79. The Balaban J connectivity index is 1.96. The van der Waals surface area contributed by atoms with Crippen molar-refractivity contribution in [3.63, 3.8) is 0 Å². The van der Waals surface area contributed by atoms with Crippen LogP contribution in [0.3, 0.4) is 0 Å². The molecule has 2 atom stereocenters. The highest BCUT2D eigenvalue weighted by Gasteiger charge is 2.34. The maximum Gasteiger partial charge on any atom is 0.245 e. The molecule has 0 bridgehead atoms. The molecule has 12 heteroatoms. The molecule has 0 fully saturated rings. The van der Waals surface area contributed by atoms with Crippen LogP contribution in [0.15, 0.2) is 12.5 Å². The van der Waals surface area contributed by atoms with Gasteiger partial charge in [-0.3, -0.25) is 24.0 Å². The van der Waals surface area contributed by atoms with Crippen LogP contribution in [0.1, 0.15) is 187 Å². The van der Waals surface area contributed by atoms with Crippen LogP contribution in [0.4, 0.5) is 0 Å². The molecule has 1 heterocycles. The zero-order valence-corrected chi connectivity index (χ0v) is 36.1. The average molecular weight is 803 g/mol. The van der Waals surface area contributed by atoms with Crippen LogP contribution in [0.2, 0.25) is 0 Å². The number of hydrogen-bond acceptors (Lipinski definition) is 8. The zero-order valence-electron chi connectivity index (χ0n) is 36.1. The molecule has 0 spiro atoms. The third-order valence-corrected chi connectivity index (χ3v) is 10.8. The summed E-state index contributed by atoms with van der Waals surface area (Å²) < 4.78 is 11.0. The maximum atomic E-state index is 13.1. The lowest BCUT2D eigenvalue weighted by molar-refractivity contribution is -0.135. The van der Waals surface area contributed by atoms with Gasteiger partial charge in [0.2, 0.25) is 11.8 Å². The molecule has 1 rings (SSSR count). The highest BCUT2D eigenvalue weighted by atomic mass is 16.5. The molecule has 0 unspecified atom stereocenters. The van der Waals surface area contributed by atoms with Crippen molar-refractivity contribution in [2.45, 2.75) is 194 Å². The first-order valence-electron chi connectivity index (χ1n) is 22.4. The molecule has 5 N–H and O–H groups in total. The summed E-state index contributed by atoms with van der Waals surface area (Å²) in [5.41, 5.74) is 13.4. The van der Waals surface area contributed by atoms with Gasteiger partial charge >= 0.3 is 0 Å². The van der Waals surface area contributed by atoms with E-state index in [1.54, 1.807) is 20.0 Å². The van der Waals surface area contributed by atoms with Gasteiger partial charge in [0.15, 0.2) is 5.78 Å². The number of ketones is 3. The lowest BCUT2D eigenvalue weighted by Gasteiger charge is -2.25. The summed E-state index contributed by atoms with van der Waals surface area (Å²) >= 11 is 0.